The van der Waals surface area contributed by atoms with Crippen LogP contribution in [0.1, 0.15) is 19.3 Å². The Kier molecular flexibility index (Phi) is 3.72. The van der Waals surface area contributed by atoms with E-state index in [0.29, 0.717) is 0 Å². The van der Waals surface area contributed by atoms with E-state index in [1.54, 1.807) is 0 Å². The van der Waals surface area contributed by atoms with E-state index in [4.69, 9.17) is 10.6 Å². The Morgan fingerprint density at radius 2 is 2.30 bits per heavy atom. The third-order valence-corrected chi connectivity index (χ3v) is 1.98. The van der Waals surface area contributed by atoms with Crippen molar-refractivity contribution >= 4 is 0 Å². The van der Waals surface area contributed by atoms with Gasteiger partial charge >= 0.3 is 0 Å². The summed E-state index contributed by atoms with van der Waals surface area (Å²) in [5, 5.41) is 0. The van der Waals surface area contributed by atoms with Crippen LogP contribution in [0.25, 0.3) is 0 Å². The van der Waals surface area contributed by atoms with E-state index in [2.05, 4.69) is 5.43 Å². The lowest BCUT2D eigenvalue weighted by Gasteiger charge is -2.10. The van der Waals surface area contributed by atoms with Crippen LogP contribution in [-0.2, 0) is 4.74 Å². The van der Waals surface area contributed by atoms with Gasteiger partial charge in [-0.15, -0.1) is 0 Å². The minimum absolute atomic E-state index is 0.729. The van der Waals surface area contributed by atoms with Gasteiger partial charge in [0.05, 0.1) is 0 Å². The van der Waals surface area contributed by atoms with Crippen molar-refractivity contribution in [2.45, 2.75) is 19.3 Å². The van der Waals surface area contributed by atoms with Crippen LogP contribution in [0.4, 0.5) is 0 Å². The lowest BCUT2D eigenvalue weighted by molar-refractivity contribution is 0.141. The van der Waals surface area contributed by atoms with Gasteiger partial charge in [0.15, 0.2) is 0 Å². The Bertz CT molecular complexity index is 79.7. The highest BCUT2D eigenvalue weighted by atomic mass is 16.5. The molecule has 60 valence electrons. The van der Waals surface area contributed by atoms with E-state index in [9.17, 15) is 0 Å². The van der Waals surface area contributed by atoms with E-state index in [0.717, 1.165) is 32.1 Å². The first-order chi connectivity index (χ1) is 4.93. The van der Waals surface area contributed by atoms with Crippen molar-refractivity contribution in [2.24, 2.45) is 11.8 Å². The Hall–Kier alpha value is -0.120. The second kappa shape index (κ2) is 4.66. The van der Waals surface area contributed by atoms with Crippen molar-refractivity contribution in [3.05, 3.63) is 0 Å². The van der Waals surface area contributed by atoms with Gasteiger partial charge in [-0.05, 0) is 25.2 Å². The first kappa shape index (κ1) is 7.98. The van der Waals surface area contributed by atoms with Crippen LogP contribution >= 0.6 is 0 Å². The molecule has 0 aromatic heterocycles. The van der Waals surface area contributed by atoms with Gasteiger partial charge in [-0.2, -0.15) is 0 Å². The van der Waals surface area contributed by atoms with Gasteiger partial charge in [0.25, 0.3) is 0 Å². The Morgan fingerprint density at radius 1 is 1.40 bits per heavy atom. The molecule has 0 aromatic rings. The zero-order valence-electron chi connectivity index (χ0n) is 6.31. The van der Waals surface area contributed by atoms with E-state index >= 15 is 0 Å². The molecule has 1 heterocycles. The van der Waals surface area contributed by atoms with Crippen LogP contribution in [0.3, 0.4) is 0 Å². The first-order valence-electron chi connectivity index (χ1n) is 3.94. The van der Waals surface area contributed by atoms with Crippen LogP contribution in [0.5, 0.6) is 0 Å². The van der Waals surface area contributed by atoms with Crippen LogP contribution < -0.4 is 11.3 Å². The predicted molar refractivity (Wildman–Crippen MR) is 40.4 cm³/mol. The number of hydrogen-bond acceptors (Lipinski definition) is 3. The summed E-state index contributed by atoms with van der Waals surface area (Å²) >= 11 is 0. The highest BCUT2D eigenvalue weighted by Crippen LogP contribution is 2.13. The van der Waals surface area contributed by atoms with Crippen molar-refractivity contribution in [2.75, 3.05) is 19.8 Å². The van der Waals surface area contributed by atoms with Crippen LogP contribution in [0.15, 0.2) is 0 Å². The second-order valence-corrected chi connectivity index (χ2v) is 2.82. The smallest absolute Gasteiger partial charge is 0.0469 e. The zero-order chi connectivity index (χ0) is 7.23. The molecule has 3 heteroatoms. The molecular weight excluding hydrogens is 128 g/mol. The molecule has 3 N–H and O–H groups in total. The Labute approximate surface area is 61.9 Å². The quantitative estimate of drug-likeness (QED) is 0.432. The second-order valence-electron chi connectivity index (χ2n) is 2.82. The molecule has 1 saturated heterocycles. The van der Waals surface area contributed by atoms with Crippen molar-refractivity contribution < 1.29 is 4.74 Å². The maximum Gasteiger partial charge on any atom is 0.0469 e. The lowest BCUT2D eigenvalue weighted by Crippen LogP contribution is -2.28. The molecular formula is C7H16N2O. The number of ether oxygens (including phenoxy) is 1. The standard InChI is InChI=1S/C7H16N2O/c8-9-6-7-2-1-4-10-5-3-7/h7,9H,1-6,8H2. The topological polar surface area (TPSA) is 47.3 Å². The molecule has 1 fully saturated rings. The fourth-order valence-electron chi connectivity index (χ4n) is 1.34. The fraction of sp³-hybridized carbons (Fsp3) is 1.00. The molecule has 0 amide bonds. The summed E-state index contributed by atoms with van der Waals surface area (Å²) in [7, 11) is 0. The highest BCUT2D eigenvalue weighted by molar-refractivity contribution is 4.63. The Balaban J connectivity index is 2.15. The van der Waals surface area contributed by atoms with Gasteiger partial charge in [-0.3, -0.25) is 11.3 Å². The molecule has 0 saturated carbocycles. The molecule has 1 aliphatic rings. The van der Waals surface area contributed by atoms with Gasteiger partial charge in [0.2, 0.25) is 0 Å². The van der Waals surface area contributed by atoms with Crippen LogP contribution in [0.2, 0.25) is 0 Å². The van der Waals surface area contributed by atoms with Gasteiger partial charge in [0, 0.05) is 19.8 Å². The molecule has 1 atom stereocenters. The summed E-state index contributed by atoms with van der Waals surface area (Å²) in [5.74, 6) is 5.95. The van der Waals surface area contributed by atoms with Crippen LogP contribution in [0, 0.1) is 5.92 Å². The molecule has 0 bridgehead atoms. The van der Waals surface area contributed by atoms with Gasteiger partial charge < -0.3 is 4.74 Å². The van der Waals surface area contributed by atoms with E-state index in [-0.39, 0.29) is 0 Å². The van der Waals surface area contributed by atoms with Crippen molar-refractivity contribution in [1.29, 1.82) is 0 Å². The number of rotatable bonds is 2. The molecule has 1 aliphatic heterocycles. The molecule has 10 heavy (non-hydrogen) atoms. The summed E-state index contributed by atoms with van der Waals surface area (Å²) in [4.78, 5) is 0. The molecule has 0 spiro atoms. The van der Waals surface area contributed by atoms with Crippen LogP contribution in [-0.4, -0.2) is 19.8 Å². The van der Waals surface area contributed by atoms with Crippen molar-refractivity contribution in [3.63, 3.8) is 0 Å². The largest absolute Gasteiger partial charge is 0.381 e. The van der Waals surface area contributed by atoms with Crippen molar-refractivity contribution in [1.82, 2.24) is 5.43 Å². The predicted octanol–water partition coefficient (Wildman–Crippen LogP) is 0.266. The number of hydrazine groups is 1. The summed E-state index contributed by atoms with van der Waals surface area (Å²) in [6.45, 7) is 2.77. The summed E-state index contributed by atoms with van der Waals surface area (Å²) in [5.41, 5.74) is 2.71. The molecule has 1 rings (SSSR count). The molecule has 3 nitrogen and oxygen atoms in total. The molecule has 0 aliphatic carbocycles. The normalized spacial score (nSPS) is 27.9. The van der Waals surface area contributed by atoms with Crippen molar-refractivity contribution in [3.8, 4) is 0 Å². The van der Waals surface area contributed by atoms with E-state index < -0.39 is 0 Å². The number of nitrogens with one attached hydrogen (secondary N) is 1. The van der Waals surface area contributed by atoms with E-state index in [1.807, 2.05) is 0 Å². The third kappa shape index (κ3) is 2.64. The third-order valence-electron chi connectivity index (χ3n) is 1.98. The molecule has 0 radical (unpaired) electrons. The highest BCUT2D eigenvalue weighted by Gasteiger charge is 2.10. The Morgan fingerprint density at radius 3 is 3.10 bits per heavy atom. The summed E-state index contributed by atoms with van der Waals surface area (Å²) in [6.07, 6.45) is 3.60. The van der Waals surface area contributed by atoms with E-state index in [1.165, 1.54) is 12.8 Å². The SMILES string of the molecule is NNCC1CCCOCC1. The zero-order valence-corrected chi connectivity index (χ0v) is 6.31. The molecule has 0 aromatic carbocycles. The first-order valence-corrected chi connectivity index (χ1v) is 3.94. The maximum atomic E-state index is 5.30. The fourth-order valence-corrected chi connectivity index (χ4v) is 1.34. The monoisotopic (exact) mass is 144 g/mol. The van der Waals surface area contributed by atoms with Gasteiger partial charge in [0.1, 0.15) is 0 Å². The average molecular weight is 144 g/mol. The lowest BCUT2D eigenvalue weighted by atomic mass is 10.0. The number of nitrogens with two attached hydrogens (primary N) is 1. The molecule has 1 unspecified atom stereocenters. The van der Waals surface area contributed by atoms with Gasteiger partial charge in [-0.1, -0.05) is 0 Å². The number of hydrogen-bond donors (Lipinski definition) is 2. The maximum absolute atomic E-state index is 5.30. The average Bonchev–Trinajstić information content (AvgIpc) is 2.17. The summed E-state index contributed by atoms with van der Waals surface area (Å²) in [6, 6.07) is 0. The van der Waals surface area contributed by atoms with Gasteiger partial charge in [-0.25, -0.2) is 0 Å². The summed E-state index contributed by atoms with van der Waals surface area (Å²) < 4.78 is 5.30. The minimum Gasteiger partial charge on any atom is -0.381 e. The minimum atomic E-state index is 0.729.